The van der Waals surface area contributed by atoms with Crippen molar-refractivity contribution in [2.24, 2.45) is 4.99 Å². The largest absolute Gasteiger partial charge is 0.476 e. The number of hydrogen-bond donors (Lipinski definition) is 1. The summed E-state index contributed by atoms with van der Waals surface area (Å²) in [5.74, 6) is 1.90. The average molecular weight is 231 g/mol. The van der Waals surface area contributed by atoms with Gasteiger partial charge in [-0.3, -0.25) is 4.99 Å². The van der Waals surface area contributed by atoms with Crippen LogP contribution in [0.5, 0.6) is 5.75 Å². The third kappa shape index (κ3) is 1.64. The molecule has 0 unspecified atom stereocenters. The Balaban J connectivity index is 1.97. The molecule has 2 aliphatic rings. The highest BCUT2D eigenvalue weighted by atomic mass is 16.5. The molecule has 4 nitrogen and oxygen atoms in total. The number of nitrogens with one attached hydrogen (secondary N) is 1. The van der Waals surface area contributed by atoms with Crippen molar-refractivity contribution in [1.82, 2.24) is 5.32 Å². The molecule has 0 radical (unpaired) electrons. The van der Waals surface area contributed by atoms with Gasteiger partial charge in [0.2, 0.25) is 0 Å². The highest BCUT2D eigenvalue weighted by Gasteiger charge is 2.40. The number of amidine groups is 1. The van der Waals surface area contributed by atoms with Gasteiger partial charge in [0.15, 0.2) is 5.60 Å². The van der Waals surface area contributed by atoms with Crippen LogP contribution in [0.2, 0.25) is 0 Å². The molecule has 0 amide bonds. The molecule has 1 N–H and O–H groups in total. The van der Waals surface area contributed by atoms with Crippen LogP contribution in [0.4, 0.5) is 5.69 Å². The Morgan fingerprint density at radius 3 is 3.00 bits per heavy atom. The number of fused-ring (bicyclic) bond motifs is 1. The fraction of sp³-hybridized carbons (Fsp3) is 0.462. The summed E-state index contributed by atoms with van der Waals surface area (Å²) in [5.41, 5.74) is 0.781. The van der Waals surface area contributed by atoms with Gasteiger partial charge in [0.05, 0.1) is 18.8 Å². The van der Waals surface area contributed by atoms with Crippen LogP contribution in [-0.4, -0.2) is 38.1 Å². The van der Waals surface area contributed by atoms with Crippen LogP contribution in [-0.2, 0) is 0 Å². The van der Waals surface area contributed by atoms with Gasteiger partial charge in [-0.25, -0.2) is 0 Å². The van der Waals surface area contributed by atoms with Crippen LogP contribution < -0.4 is 15.0 Å². The lowest BCUT2D eigenvalue weighted by molar-refractivity contribution is 0.154. The molecule has 0 aliphatic carbocycles. The first-order valence-electron chi connectivity index (χ1n) is 5.97. The molecule has 2 heterocycles. The van der Waals surface area contributed by atoms with E-state index in [1.165, 1.54) is 0 Å². The predicted molar refractivity (Wildman–Crippen MR) is 69.0 cm³/mol. The van der Waals surface area contributed by atoms with Gasteiger partial charge in [-0.15, -0.1) is 0 Å². The second-order valence-corrected chi connectivity index (χ2v) is 4.81. The van der Waals surface area contributed by atoms with Gasteiger partial charge in [0.25, 0.3) is 0 Å². The summed E-state index contributed by atoms with van der Waals surface area (Å²) in [7, 11) is 2.09. The van der Waals surface area contributed by atoms with Crippen LogP contribution >= 0.6 is 0 Å². The molecule has 0 saturated heterocycles. The van der Waals surface area contributed by atoms with E-state index in [-0.39, 0.29) is 5.60 Å². The molecule has 1 atom stereocenters. The molecule has 2 aliphatic heterocycles. The van der Waals surface area contributed by atoms with Crippen molar-refractivity contribution in [2.45, 2.75) is 12.5 Å². The van der Waals surface area contributed by atoms with Crippen molar-refractivity contribution in [3.63, 3.8) is 0 Å². The molecule has 3 rings (SSSR count). The minimum Gasteiger partial charge on any atom is -0.476 e. The fourth-order valence-corrected chi connectivity index (χ4v) is 2.55. The second kappa shape index (κ2) is 3.65. The Hall–Kier alpha value is -1.71. The number of anilines is 1. The van der Waals surface area contributed by atoms with Crippen LogP contribution in [0.15, 0.2) is 29.3 Å². The Morgan fingerprint density at radius 1 is 1.41 bits per heavy atom. The Kier molecular flexibility index (Phi) is 2.24. The Bertz CT molecular complexity index is 471. The lowest BCUT2D eigenvalue weighted by Crippen LogP contribution is -2.56. The third-order valence-electron chi connectivity index (χ3n) is 3.33. The zero-order chi connectivity index (χ0) is 11.9. The molecule has 1 aromatic rings. The lowest BCUT2D eigenvalue weighted by atomic mass is 10.0. The number of rotatable bonds is 1. The average Bonchev–Trinajstić information content (AvgIpc) is 2.83. The summed E-state index contributed by atoms with van der Waals surface area (Å²) in [6.45, 7) is 4.67. The molecular weight excluding hydrogens is 214 g/mol. The summed E-state index contributed by atoms with van der Waals surface area (Å²) in [6, 6.07) is 8.13. The van der Waals surface area contributed by atoms with E-state index in [0.29, 0.717) is 0 Å². The molecule has 0 spiro atoms. The third-order valence-corrected chi connectivity index (χ3v) is 3.33. The molecule has 4 heteroatoms. The van der Waals surface area contributed by atoms with E-state index in [9.17, 15) is 0 Å². The number of benzene rings is 1. The van der Waals surface area contributed by atoms with E-state index in [1.807, 2.05) is 18.2 Å². The highest BCUT2D eigenvalue weighted by molar-refractivity contribution is 5.93. The van der Waals surface area contributed by atoms with E-state index < -0.39 is 0 Å². The van der Waals surface area contributed by atoms with E-state index in [2.05, 4.69) is 35.2 Å². The molecule has 0 fully saturated rings. The SMILES string of the molecule is CN1C[C@@](C)(C2=NCCN2)Oc2ccccc21. The maximum Gasteiger partial charge on any atom is 0.180 e. The quantitative estimate of drug-likeness (QED) is 0.791. The Morgan fingerprint density at radius 2 is 2.24 bits per heavy atom. The topological polar surface area (TPSA) is 36.9 Å². The standard InChI is InChI=1S/C13H17N3O/c1-13(12-14-7-8-15-12)9-16(2)10-5-3-4-6-11(10)17-13/h3-6H,7-9H2,1-2H3,(H,14,15)/t13-/m0/s1. The molecule has 90 valence electrons. The maximum absolute atomic E-state index is 6.14. The first kappa shape index (κ1) is 10.4. The van der Waals surface area contributed by atoms with Gasteiger partial charge in [-0.05, 0) is 19.1 Å². The summed E-state index contributed by atoms with van der Waals surface area (Å²) in [6.07, 6.45) is 0. The number of likely N-dealkylation sites (N-methyl/N-ethyl adjacent to an activating group) is 1. The fourth-order valence-electron chi connectivity index (χ4n) is 2.55. The maximum atomic E-state index is 6.14. The number of para-hydroxylation sites is 2. The monoisotopic (exact) mass is 231 g/mol. The minimum atomic E-state index is -0.362. The summed E-state index contributed by atoms with van der Waals surface area (Å²) in [4.78, 5) is 6.72. The van der Waals surface area contributed by atoms with Gasteiger partial charge in [-0.1, -0.05) is 12.1 Å². The number of ether oxygens (including phenoxy) is 1. The van der Waals surface area contributed by atoms with Crippen LogP contribution in [0.3, 0.4) is 0 Å². The molecule has 0 saturated carbocycles. The van der Waals surface area contributed by atoms with Gasteiger partial charge >= 0.3 is 0 Å². The number of nitrogens with zero attached hydrogens (tertiary/aromatic N) is 2. The lowest BCUT2D eigenvalue weighted by Gasteiger charge is -2.41. The van der Waals surface area contributed by atoms with Crippen LogP contribution in [0, 0.1) is 0 Å². The molecule has 1 aromatic carbocycles. The second-order valence-electron chi connectivity index (χ2n) is 4.81. The van der Waals surface area contributed by atoms with Crippen molar-refractivity contribution in [1.29, 1.82) is 0 Å². The van der Waals surface area contributed by atoms with Crippen LogP contribution in [0.1, 0.15) is 6.92 Å². The summed E-state index contributed by atoms with van der Waals surface area (Å²) >= 11 is 0. The van der Waals surface area contributed by atoms with Gasteiger partial charge in [-0.2, -0.15) is 0 Å². The van der Waals surface area contributed by atoms with E-state index >= 15 is 0 Å². The Labute approximate surface area is 101 Å². The molecule has 0 bridgehead atoms. The smallest absolute Gasteiger partial charge is 0.180 e. The van der Waals surface area contributed by atoms with Gasteiger partial charge < -0.3 is 15.0 Å². The van der Waals surface area contributed by atoms with E-state index in [4.69, 9.17) is 4.74 Å². The van der Waals surface area contributed by atoms with Crippen molar-refractivity contribution >= 4 is 11.5 Å². The van der Waals surface area contributed by atoms with Crippen molar-refractivity contribution in [2.75, 3.05) is 31.6 Å². The van der Waals surface area contributed by atoms with E-state index in [1.54, 1.807) is 0 Å². The predicted octanol–water partition coefficient (Wildman–Crippen LogP) is 1.28. The summed E-state index contributed by atoms with van der Waals surface area (Å²) < 4.78 is 6.14. The number of aliphatic imine (C=N–C) groups is 1. The first-order valence-corrected chi connectivity index (χ1v) is 5.97. The van der Waals surface area contributed by atoms with Crippen molar-refractivity contribution in [3.05, 3.63) is 24.3 Å². The van der Waals surface area contributed by atoms with Crippen LogP contribution in [0.25, 0.3) is 0 Å². The zero-order valence-electron chi connectivity index (χ0n) is 10.2. The molecule has 0 aromatic heterocycles. The van der Waals surface area contributed by atoms with Crippen molar-refractivity contribution < 1.29 is 4.74 Å². The van der Waals surface area contributed by atoms with Gasteiger partial charge in [0, 0.05) is 13.6 Å². The summed E-state index contributed by atoms with van der Waals surface area (Å²) in [5, 5.41) is 3.32. The normalized spacial score (nSPS) is 26.9. The molecule has 17 heavy (non-hydrogen) atoms. The van der Waals surface area contributed by atoms with Gasteiger partial charge in [0.1, 0.15) is 11.6 Å². The highest BCUT2D eigenvalue weighted by Crippen LogP contribution is 2.36. The first-order chi connectivity index (χ1) is 8.19. The molecular formula is C13H17N3O. The van der Waals surface area contributed by atoms with E-state index in [0.717, 1.165) is 36.9 Å². The number of hydrogen-bond acceptors (Lipinski definition) is 4. The van der Waals surface area contributed by atoms with Crippen molar-refractivity contribution in [3.8, 4) is 5.75 Å². The zero-order valence-corrected chi connectivity index (χ0v) is 10.2. The minimum absolute atomic E-state index is 0.362.